The Morgan fingerprint density at radius 3 is 2.12 bits per heavy atom. The third-order valence-corrected chi connectivity index (χ3v) is 4.21. The second-order valence-electron chi connectivity index (χ2n) is 8.17. The zero-order valence-electron chi connectivity index (χ0n) is 16.6. The van der Waals surface area contributed by atoms with Crippen LogP contribution in [0.3, 0.4) is 0 Å². The number of benzene rings is 1. The molecule has 0 aliphatic carbocycles. The fourth-order valence-corrected chi connectivity index (χ4v) is 2.19. The van der Waals surface area contributed by atoms with E-state index >= 15 is 0 Å². The molecular formula is C20H34N2O3. The number of alkyl carbamates (subject to hydrolysis) is 1. The number of aliphatic hydroxyl groups is 1. The normalized spacial score (nSPS) is 14.7. The molecule has 0 aliphatic rings. The topological polar surface area (TPSA) is 70.6 Å². The van der Waals surface area contributed by atoms with Gasteiger partial charge in [-0.15, -0.1) is 0 Å². The van der Waals surface area contributed by atoms with E-state index in [1.165, 1.54) is 0 Å². The van der Waals surface area contributed by atoms with Gasteiger partial charge in [0.1, 0.15) is 5.60 Å². The number of nitrogens with one attached hydrogen (secondary N) is 2. The molecule has 1 rings (SSSR count). The van der Waals surface area contributed by atoms with Crippen molar-refractivity contribution in [2.75, 3.05) is 6.54 Å². The van der Waals surface area contributed by atoms with Gasteiger partial charge < -0.3 is 20.5 Å². The number of hydrogen-bond acceptors (Lipinski definition) is 4. The van der Waals surface area contributed by atoms with Crippen LogP contribution in [0.1, 0.15) is 78.2 Å². The number of carbonyl (C=O) groups excluding carboxylic acids is 1. The van der Waals surface area contributed by atoms with E-state index in [0.717, 1.165) is 17.5 Å². The molecule has 5 nitrogen and oxygen atoms in total. The van der Waals surface area contributed by atoms with Gasteiger partial charge in [-0.2, -0.15) is 0 Å². The zero-order chi connectivity index (χ0) is 19.3. The number of β-amino-alcohol motifs (C(OH)–C–C–N with tert-alkyl or cyclic N) is 1. The lowest BCUT2D eigenvalue weighted by Crippen LogP contribution is -2.40. The van der Waals surface area contributed by atoms with Crippen LogP contribution in [0.2, 0.25) is 0 Å². The Labute approximate surface area is 152 Å². The third-order valence-electron chi connectivity index (χ3n) is 4.21. The summed E-state index contributed by atoms with van der Waals surface area (Å²) in [6.45, 7) is 14.3. The van der Waals surface area contributed by atoms with Gasteiger partial charge in [-0.05, 0) is 59.1 Å². The molecule has 0 aromatic heterocycles. The van der Waals surface area contributed by atoms with Gasteiger partial charge in [-0.1, -0.05) is 31.2 Å². The van der Waals surface area contributed by atoms with Crippen molar-refractivity contribution in [1.82, 2.24) is 10.6 Å². The Balaban J connectivity index is 2.61. The summed E-state index contributed by atoms with van der Waals surface area (Å²) in [5.41, 5.74) is 1.31. The summed E-state index contributed by atoms with van der Waals surface area (Å²) in [4.78, 5) is 11.8. The van der Waals surface area contributed by atoms with Crippen LogP contribution in [0.25, 0.3) is 0 Å². The number of hydrogen-bond donors (Lipinski definition) is 3. The lowest BCUT2D eigenvalue weighted by atomic mass is 10.00. The minimum absolute atomic E-state index is 0.00672. The lowest BCUT2D eigenvalue weighted by molar-refractivity contribution is 0.0508. The summed E-state index contributed by atoms with van der Waals surface area (Å²) in [6.07, 6.45) is -0.00363. The minimum atomic E-state index is -0.561. The summed E-state index contributed by atoms with van der Waals surface area (Å²) < 4.78 is 5.27. The second-order valence-corrected chi connectivity index (χ2v) is 8.17. The maximum absolute atomic E-state index is 11.8. The van der Waals surface area contributed by atoms with Crippen LogP contribution in [0.4, 0.5) is 4.79 Å². The molecule has 0 fully saturated rings. The van der Waals surface area contributed by atoms with E-state index in [1.54, 1.807) is 0 Å². The van der Waals surface area contributed by atoms with E-state index in [2.05, 4.69) is 31.4 Å². The van der Waals surface area contributed by atoms with Gasteiger partial charge >= 0.3 is 6.09 Å². The van der Waals surface area contributed by atoms with Gasteiger partial charge in [0.05, 0.1) is 12.1 Å². The van der Waals surface area contributed by atoms with E-state index in [1.807, 2.05) is 52.0 Å². The van der Waals surface area contributed by atoms with E-state index in [-0.39, 0.29) is 11.6 Å². The van der Waals surface area contributed by atoms with Crippen molar-refractivity contribution in [2.24, 2.45) is 0 Å². The fourth-order valence-electron chi connectivity index (χ4n) is 2.19. The number of amides is 1. The smallest absolute Gasteiger partial charge is 0.408 e. The molecule has 1 amide bonds. The average molecular weight is 351 g/mol. The van der Waals surface area contributed by atoms with Gasteiger partial charge in [-0.25, -0.2) is 4.79 Å². The SMILES string of the molecule is CCC(C)(C)NCC(O)c1ccc([C@H](C)NC(=O)OC(C)(C)C)cc1. The van der Waals surface area contributed by atoms with Crippen molar-refractivity contribution in [1.29, 1.82) is 0 Å². The van der Waals surface area contributed by atoms with E-state index in [9.17, 15) is 9.90 Å². The van der Waals surface area contributed by atoms with Gasteiger partial charge in [-0.3, -0.25) is 0 Å². The molecule has 142 valence electrons. The highest BCUT2D eigenvalue weighted by atomic mass is 16.6. The predicted octanol–water partition coefficient (Wildman–Crippen LogP) is 4.08. The number of rotatable bonds is 7. The molecule has 3 N–H and O–H groups in total. The quantitative estimate of drug-likeness (QED) is 0.693. The van der Waals surface area contributed by atoms with Crippen molar-refractivity contribution >= 4 is 6.09 Å². The van der Waals surface area contributed by atoms with Crippen LogP contribution >= 0.6 is 0 Å². The molecule has 0 heterocycles. The summed E-state index contributed by atoms with van der Waals surface area (Å²) in [6, 6.07) is 7.47. The summed E-state index contributed by atoms with van der Waals surface area (Å²) in [7, 11) is 0. The first-order chi connectivity index (χ1) is 11.4. The van der Waals surface area contributed by atoms with E-state index in [0.29, 0.717) is 6.54 Å². The van der Waals surface area contributed by atoms with Crippen LogP contribution < -0.4 is 10.6 Å². The molecule has 1 aromatic rings. The highest BCUT2D eigenvalue weighted by Gasteiger charge is 2.19. The third kappa shape index (κ3) is 7.88. The van der Waals surface area contributed by atoms with Crippen LogP contribution in [-0.2, 0) is 4.74 Å². The molecule has 1 unspecified atom stereocenters. The first kappa shape index (κ1) is 21.5. The summed E-state index contributed by atoms with van der Waals surface area (Å²) in [5.74, 6) is 0. The number of ether oxygens (including phenoxy) is 1. The molecule has 2 atom stereocenters. The van der Waals surface area contributed by atoms with Crippen molar-refractivity contribution in [3.63, 3.8) is 0 Å². The molecule has 0 spiro atoms. The molecule has 0 saturated heterocycles. The number of aliphatic hydroxyl groups excluding tert-OH is 1. The average Bonchev–Trinajstić information content (AvgIpc) is 2.51. The van der Waals surface area contributed by atoms with Gasteiger partial charge in [0.15, 0.2) is 0 Å². The van der Waals surface area contributed by atoms with Crippen molar-refractivity contribution < 1.29 is 14.6 Å². The van der Waals surface area contributed by atoms with Crippen molar-refractivity contribution in [2.45, 2.75) is 78.2 Å². The largest absolute Gasteiger partial charge is 0.444 e. The Morgan fingerprint density at radius 1 is 1.12 bits per heavy atom. The molecular weight excluding hydrogens is 316 g/mol. The molecule has 25 heavy (non-hydrogen) atoms. The molecule has 0 bridgehead atoms. The molecule has 0 radical (unpaired) electrons. The number of carbonyl (C=O) groups is 1. The molecule has 5 heteroatoms. The second kappa shape index (κ2) is 8.68. The maximum atomic E-state index is 11.8. The van der Waals surface area contributed by atoms with E-state index in [4.69, 9.17) is 4.74 Å². The van der Waals surface area contributed by atoms with Crippen molar-refractivity contribution in [3.05, 3.63) is 35.4 Å². The highest BCUT2D eigenvalue weighted by Crippen LogP contribution is 2.19. The zero-order valence-corrected chi connectivity index (χ0v) is 16.6. The Kier molecular flexibility index (Phi) is 7.44. The maximum Gasteiger partial charge on any atom is 0.408 e. The Hall–Kier alpha value is -1.59. The van der Waals surface area contributed by atoms with Crippen LogP contribution in [0.15, 0.2) is 24.3 Å². The summed E-state index contributed by atoms with van der Waals surface area (Å²) >= 11 is 0. The lowest BCUT2D eigenvalue weighted by Gasteiger charge is -2.26. The fraction of sp³-hybridized carbons (Fsp3) is 0.650. The first-order valence-corrected chi connectivity index (χ1v) is 8.96. The molecule has 0 aliphatic heterocycles. The first-order valence-electron chi connectivity index (χ1n) is 8.96. The van der Waals surface area contributed by atoms with Gasteiger partial charge in [0.25, 0.3) is 0 Å². The molecule has 0 saturated carbocycles. The Morgan fingerprint density at radius 2 is 1.64 bits per heavy atom. The van der Waals surface area contributed by atoms with Crippen LogP contribution in [0.5, 0.6) is 0 Å². The van der Waals surface area contributed by atoms with Crippen molar-refractivity contribution in [3.8, 4) is 0 Å². The monoisotopic (exact) mass is 350 g/mol. The summed E-state index contributed by atoms with van der Waals surface area (Å²) in [5, 5.41) is 16.5. The Bertz CT molecular complexity index is 547. The highest BCUT2D eigenvalue weighted by molar-refractivity contribution is 5.68. The molecule has 1 aromatic carbocycles. The van der Waals surface area contributed by atoms with Gasteiger partial charge in [0.2, 0.25) is 0 Å². The minimum Gasteiger partial charge on any atom is -0.444 e. The standard InChI is InChI=1S/C20H34N2O3/c1-8-20(6,7)21-13-17(23)16-11-9-15(10-12-16)14(2)22-18(24)25-19(3,4)5/h9-12,14,17,21,23H,8,13H2,1-7H3,(H,22,24)/t14-,17?/m0/s1. The van der Waals surface area contributed by atoms with Crippen LogP contribution in [0, 0.1) is 0 Å². The van der Waals surface area contributed by atoms with E-state index < -0.39 is 17.8 Å². The van der Waals surface area contributed by atoms with Gasteiger partial charge in [0, 0.05) is 12.1 Å². The van der Waals surface area contributed by atoms with Crippen LogP contribution in [-0.4, -0.2) is 28.9 Å². The predicted molar refractivity (Wildman–Crippen MR) is 102 cm³/mol.